The number of likely N-dealkylation sites (N-methyl/N-ethyl adjacent to an activating group) is 1. The molecule has 0 saturated carbocycles. The molecule has 1 aliphatic heterocycles. The minimum Gasteiger partial charge on any atom is -0.508 e. The molecular weight excluding hydrogens is 386 g/mol. The molecular formula is C26H29N3O2. The zero-order chi connectivity index (χ0) is 21.5. The third-order valence-electron chi connectivity index (χ3n) is 8.24. The average Bonchev–Trinajstić information content (AvgIpc) is 2.73. The second kappa shape index (κ2) is 6.21. The summed E-state index contributed by atoms with van der Waals surface area (Å²) >= 11 is 0. The Hall–Kier alpha value is -2.63. The summed E-state index contributed by atoms with van der Waals surface area (Å²) in [7, 11) is 6.22. The highest BCUT2D eigenvalue weighted by atomic mass is 16.3. The number of likely N-dealkylation sites (tertiary alicyclic amines) is 1. The topological polar surface area (TPSA) is 59.8 Å². The van der Waals surface area contributed by atoms with Gasteiger partial charge < -0.3 is 20.0 Å². The van der Waals surface area contributed by atoms with Crippen molar-refractivity contribution in [2.75, 3.05) is 32.6 Å². The van der Waals surface area contributed by atoms with Crippen molar-refractivity contribution in [2.45, 2.75) is 42.7 Å². The number of rotatable bonds is 1. The molecule has 2 aliphatic carbocycles. The Balaban J connectivity index is 1.57. The fourth-order valence-electron chi connectivity index (χ4n) is 6.54. The van der Waals surface area contributed by atoms with E-state index in [1.165, 1.54) is 5.56 Å². The van der Waals surface area contributed by atoms with Gasteiger partial charge >= 0.3 is 0 Å². The lowest BCUT2D eigenvalue weighted by atomic mass is 9.49. The predicted molar refractivity (Wildman–Crippen MR) is 123 cm³/mol. The zero-order valence-electron chi connectivity index (χ0n) is 18.4. The molecule has 1 saturated heterocycles. The van der Waals surface area contributed by atoms with Gasteiger partial charge in [0, 0.05) is 55.2 Å². The van der Waals surface area contributed by atoms with Gasteiger partial charge in [-0.05, 0) is 73.5 Å². The number of anilines is 1. The van der Waals surface area contributed by atoms with E-state index >= 15 is 0 Å². The number of phenols is 1. The molecule has 1 aromatic heterocycles. The van der Waals surface area contributed by atoms with E-state index in [4.69, 9.17) is 4.98 Å². The van der Waals surface area contributed by atoms with Crippen molar-refractivity contribution in [2.24, 2.45) is 0 Å². The van der Waals surface area contributed by atoms with E-state index in [2.05, 4.69) is 41.1 Å². The summed E-state index contributed by atoms with van der Waals surface area (Å²) in [6, 6.07) is 14.4. The quantitative estimate of drug-likeness (QED) is 0.640. The highest BCUT2D eigenvalue weighted by Gasteiger charge is 2.64. The van der Waals surface area contributed by atoms with Gasteiger partial charge in [-0.15, -0.1) is 0 Å². The highest BCUT2D eigenvalue weighted by Crippen LogP contribution is 2.57. The zero-order valence-corrected chi connectivity index (χ0v) is 18.4. The van der Waals surface area contributed by atoms with Crippen LogP contribution in [0.2, 0.25) is 0 Å². The van der Waals surface area contributed by atoms with Crippen LogP contribution >= 0.6 is 0 Å². The Labute approximate surface area is 182 Å². The highest BCUT2D eigenvalue weighted by molar-refractivity contribution is 5.83. The van der Waals surface area contributed by atoms with Crippen molar-refractivity contribution in [1.82, 2.24) is 9.88 Å². The Kier molecular flexibility index (Phi) is 3.82. The monoisotopic (exact) mass is 415 g/mol. The summed E-state index contributed by atoms with van der Waals surface area (Å²) in [6.45, 7) is 0.940. The van der Waals surface area contributed by atoms with Crippen LogP contribution in [0.1, 0.15) is 28.8 Å². The summed E-state index contributed by atoms with van der Waals surface area (Å²) in [5, 5.41) is 23.8. The van der Waals surface area contributed by atoms with Gasteiger partial charge in [-0.3, -0.25) is 4.98 Å². The number of hydrogen-bond acceptors (Lipinski definition) is 5. The maximum absolute atomic E-state index is 12.3. The van der Waals surface area contributed by atoms with Crippen LogP contribution in [-0.4, -0.2) is 59.4 Å². The lowest BCUT2D eigenvalue weighted by Crippen LogP contribution is -2.73. The number of phenolic OH excluding ortho intramolecular Hbond substituents is 1. The molecule has 31 heavy (non-hydrogen) atoms. The lowest BCUT2D eigenvalue weighted by molar-refractivity contribution is -0.145. The molecule has 0 radical (unpaired) electrons. The minimum atomic E-state index is -0.868. The predicted octanol–water partition coefficient (Wildman–Crippen LogP) is 3.03. The first kappa shape index (κ1) is 19.1. The van der Waals surface area contributed by atoms with Gasteiger partial charge in [0.05, 0.1) is 11.1 Å². The second-order valence-electron chi connectivity index (χ2n) is 10.0. The SMILES string of the molecule is CN(C)c1ccc2cc3c(nc2c1)C[C@]12CCN(C)[C@H](Cc4ccc(O)cc41)[C@]2(O)C3. The summed E-state index contributed by atoms with van der Waals surface area (Å²) in [4.78, 5) is 9.55. The largest absolute Gasteiger partial charge is 0.508 e. The second-order valence-corrected chi connectivity index (χ2v) is 10.0. The number of aromatic hydroxyl groups is 1. The molecule has 1 fully saturated rings. The molecule has 0 amide bonds. The average molecular weight is 416 g/mol. The molecule has 0 spiro atoms. The summed E-state index contributed by atoms with van der Waals surface area (Å²) < 4.78 is 0. The van der Waals surface area contributed by atoms with Gasteiger partial charge in [0.2, 0.25) is 0 Å². The molecule has 5 heteroatoms. The van der Waals surface area contributed by atoms with Crippen molar-refractivity contribution < 1.29 is 10.2 Å². The van der Waals surface area contributed by atoms with E-state index in [1.54, 1.807) is 6.07 Å². The fourth-order valence-corrected chi connectivity index (χ4v) is 6.54. The van der Waals surface area contributed by atoms with Gasteiger partial charge in [-0.1, -0.05) is 12.1 Å². The van der Waals surface area contributed by atoms with Gasteiger partial charge in [0.1, 0.15) is 5.75 Å². The maximum Gasteiger partial charge on any atom is 0.115 e. The first-order valence-corrected chi connectivity index (χ1v) is 11.2. The molecule has 6 rings (SSSR count). The number of piperidine rings is 1. The third-order valence-corrected chi connectivity index (χ3v) is 8.24. The number of benzene rings is 2. The van der Waals surface area contributed by atoms with Crippen LogP contribution < -0.4 is 4.90 Å². The molecule has 5 nitrogen and oxygen atoms in total. The van der Waals surface area contributed by atoms with Crippen LogP contribution in [-0.2, 0) is 24.7 Å². The van der Waals surface area contributed by atoms with Crippen LogP contribution in [0.25, 0.3) is 10.9 Å². The van der Waals surface area contributed by atoms with Gasteiger partial charge in [0.15, 0.2) is 0 Å². The third kappa shape index (κ3) is 2.47. The van der Waals surface area contributed by atoms with E-state index in [0.717, 1.165) is 52.8 Å². The molecule has 0 unspecified atom stereocenters. The van der Waals surface area contributed by atoms with Gasteiger partial charge in [-0.2, -0.15) is 0 Å². The number of pyridine rings is 1. The van der Waals surface area contributed by atoms with Crippen LogP contribution in [0.4, 0.5) is 5.69 Å². The molecule has 2 aromatic carbocycles. The summed E-state index contributed by atoms with van der Waals surface area (Å²) in [6.07, 6.45) is 2.99. The smallest absolute Gasteiger partial charge is 0.115 e. The van der Waals surface area contributed by atoms with Crippen LogP contribution in [0.15, 0.2) is 42.5 Å². The summed E-state index contributed by atoms with van der Waals surface area (Å²) in [5.41, 5.74) is 5.48. The van der Waals surface area contributed by atoms with E-state index in [9.17, 15) is 10.2 Å². The van der Waals surface area contributed by atoms with Crippen molar-refractivity contribution in [3.8, 4) is 5.75 Å². The summed E-state index contributed by atoms with van der Waals surface area (Å²) in [5.74, 6) is 0.278. The van der Waals surface area contributed by atoms with Gasteiger partial charge in [0.25, 0.3) is 0 Å². The van der Waals surface area contributed by atoms with Crippen molar-refractivity contribution in [1.29, 1.82) is 0 Å². The molecule has 2 heterocycles. The fraction of sp³-hybridized carbons (Fsp3) is 0.423. The Morgan fingerprint density at radius 1 is 1.06 bits per heavy atom. The number of fused-ring (bicyclic) bond motifs is 3. The first-order valence-electron chi connectivity index (χ1n) is 11.2. The lowest BCUT2D eigenvalue weighted by Gasteiger charge is -2.63. The van der Waals surface area contributed by atoms with E-state index < -0.39 is 11.0 Å². The molecule has 3 aromatic rings. The van der Waals surface area contributed by atoms with Crippen LogP contribution in [0, 0.1) is 0 Å². The molecule has 3 aliphatic rings. The van der Waals surface area contributed by atoms with E-state index in [1.807, 2.05) is 26.2 Å². The van der Waals surface area contributed by atoms with Crippen LogP contribution in [0.5, 0.6) is 5.75 Å². The molecule has 2 N–H and O–H groups in total. The minimum absolute atomic E-state index is 0.0678. The van der Waals surface area contributed by atoms with E-state index in [0.29, 0.717) is 12.8 Å². The first-order chi connectivity index (χ1) is 14.8. The molecule has 3 atom stereocenters. The number of hydrogen-bond donors (Lipinski definition) is 2. The number of aliphatic hydroxyl groups is 1. The van der Waals surface area contributed by atoms with Crippen molar-refractivity contribution >= 4 is 16.6 Å². The van der Waals surface area contributed by atoms with E-state index in [-0.39, 0.29) is 11.8 Å². The van der Waals surface area contributed by atoms with Gasteiger partial charge in [-0.25, -0.2) is 0 Å². The van der Waals surface area contributed by atoms with Crippen molar-refractivity contribution in [3.05, 3.63) is 64.8 Å². The Bertz CT molecular complexity index is 1220. The Morgan fingerprint density at radius 2 is 1.90 bits per heavy atom. The van der Waals surface area contributed by atoms with Crippen molar-refractivity contribution in [3.63, 3.8) is 0 Å². The Morgan fingerprint density at radius 3 is 2.71 bits per heavy atom. The van der Waals surface area contributed by atoms with Crippen LogP contribution in [0.3, 0.4) is 0 Å². The maximum atomic E-state index is 12.3. The standard InChI is InChI=1S/C26H29N3O2/c1-28(2)19-6-4-17-10-18-14-26(31)24-11-16-5-7-20(30)13-21(16)25(26,8-9-29(24)3)15-23(18)27-22(17)12-19/h4-7,10,12-13,24,30-31H,8-9,11,14-15H2,1-3H3/t24-,25-,26-/m1/s1. The number of nitrogens with zero attached hydrogens (tertiary/aromatic N) is 3. The normalized spacial score (nSPS) is 29.2. The molecule has 160 valence electrons. The number of aromatic nitrogens is 1. The molecule has 2 bridgehead atoms.